The van der Waals surface area contributed by atoms with Crippen LogP contribution < -0.4 is 5.32 Å². The van der Waals surface area contributed by atoms with Crippen molar-refractivity contribution in [1.82, 2.24) is 5.32 Å². The van der Waals surface area contributed by atoms with E-state index in [0.29, 0.717) is 0 Å². The molecule has 1 heterocycles. The van der Waals surface area contributed by atoms with E-state index in [-0.39, 0.29) is 0 Å². The van der Waals surface area contributed by atoms with Gasteiger partial charge in [-0.2, -0.15) is 0 Å². The van der Waals surface area contributed by atoms with Crippen LogP contribution in [0.3, 0.4) is 0 Å². The molecule has 0 amide bonds. The van der Waals surface area contributed by atoms with Gasteiger partial charge in [0.15, 0.2) is 0 Å². The number of nitrogens with one attached hydrogen (secondary N) is 1. The fraction of sp³-hybridized carbons (Fsp3) is 0.375. The molecule has 0 atom stereocenters. The van der Waals surface area contributed by atoms with E-state index in [2.05, 4.69) is 54.9 Å². The Bertz CT molecular complexity index is 482. The minimum atomic E-state index is 0.722. The molecule has 18 heavy (non-hydrogen) atoms. The molecule has 2 rings (SSSR count). The first-order valence-corrected chi connectivity index (χ1v) is 7.38. The summed E-state index contributed by atoms with van der Waals surface area (Å²) in [6, 6.07) is 11.3. The summed E-state index contributed by atoms with van der Waals surface area (Å²) in [5.41, 5.74) is 4.09. The minimum absolute atomic E-state index is 0.722. The van der Waals surface area contributed by atoms with Gasteiger partial charge >= 0.3 is 0 Å². The Balaban J connectivity index is 2.12. The van der Waals surface area contributed by atoms with Crippen molar-refractivity contribution in [2.45, 2.75) is 26.8 Å². The molecule has 96 valence electrons. The van der Waals surface area contributed by atoms with Crippen molar-refractivity contribution in [3.63, 3.8) is 0 Å². The Kier molecular flexibility index (Phi) is 4.56. The van der Waals surface area contributed by atoms with Crippen LogP contribution >= 0.6 is 11.3 Å². The van der Waals surface area contributed by atoms with Crippen molar-refractivity contribution in [3.8, 4) is 11.1 Å². The number of thiophene rings is 1. The predicted octanol–water partition coefficient (Wildman–Crippen LogP) is 4.33. The average Bonchev–Trinajstić information content (AvgIpc) is 2.78. The summed E-state index contributed by atoms with van der Waals surface area (Å²) in [7, 11) is 1.99. The lowest BCUT2D eigenvalue weighted by Crippen LogP contribution is -2.02. The smallest absolute Gasteiger partial charge is 0.0296 e. The first kappa shape index (κ1) is 13.3. The topological polar surface area (TPSA) is 12.0 Å². The summed E-state index contributed by atoms with van der Waals surface area (Å²) in [4.78, 5) is 1.39. The lowest BCUT2D eigenvalue weighted by molar-refractivity contribution is 0.647. The third kappa shape index (κ3) is 3.44. The van der Waals surface area contributed by atoms with Crippen LogP contribution in [-0.2, 0) is 13.0 Å². The van der Waals surface area contributed by atoms with Crippen molar-refractivity contribution >= 4 is 11.3 Å². The molecule has 0 radical (unpaired) electrons. The van der Waals surface area contributed by atoms with Gasteiger partial charge in [0.1, 0.15) is 0 Å². The van der Waals surface area contributed by atoms with E-state index < -0.39 is 0 Å². The summed E-state index contributed by atoms with van der Waals surface area (Å²) < 4.78 is 0. The average molecular weight is 259 g/mol. The number of benzene rings is 1. The molecule has 2 aromatic rings. The van der Waals surface area contributed by atoms with Gasteiger partial charge in [0.25, 0.3) is 0 Å². The third-order valence-electron chi connectivity index (χ3n) is 2.94. The van der Waals surface area contributed by atoms with E-state index in [0.717, 1.165) is 18.9 Å². The van der Waals surface area contributed by atoms with Crippen LogP contribution in [0.25, 0.3) is 11.1 Å². The summed E-state index contributed by atoms with van der Waals surface area (Å²) in [5.74, 6) is 0.722. The highest BCUT2D eigenvalue weighted by Gasteiger charge is 2.03. The van der Waals surface area contributed by atoms with Gasteiger partial charge in [-0.3, -0.25) is 0 Å². The zero-order valence-corrected chi connectivity index (χ0v) is 12.2. The highest BCUT2D eigenvalue weighted by atomic mass is 32.1. The molecule has 0 aliphatic rings. The second-order valence-corrected chi connectivity index (χ2v) is 6.12. The largest absolute Gasteiger partial charge is 0.315 e. The molecule has 2 heteroatoms. The van der Waals surface area contributed by atoms with Crippen LogP contribution in [-0.4, -0.2) is 7.05 Å². The molecule has 0 saturated heterocycles. The minimum Gasteiger partial charge on any atom is -0.315 e. The van der Waals surface area contributed by atoms with Crippen LogP contribution in [0.1, 0.15) is 24.3 Å². The summed E-state index contributed by atoms with van der Waals surface area (Å²) in [6.07, 6.45) is 1.16. The van der Waals surface area contributed by atoms with Crippen LogP contribution in [0.15, 0.2) is 35.7 Å². The van der Waals surface area contributed by atoms with Crippen LogP contribution in [0.2, 0.25) is 0 Å². The normalized spacial score (nSPS) is 11.1. The molecule has 1 nitrogen and oxygen atoms in total. The molecule has 1 N–H and O–H groups in total. The summed E-state index contributed by atoms with van der Waals surface area (Å²) in [6.45, 7) is 5.48. The van der Waals surface area contributed by atoms with E-state index in [1.807, 2.05) is 18.4 Å². The highest BCUT2D eigenvalue weighted by molar-refractivity contribution is 7.10. The van der Waals surface area contributed by atoms with Gasteiger partial charge in [0.2, 0.25) is 0 Å². The Labute approximate surface area is 114 Å². The van der Waals surface area contributed by atoms with Gasteiger partial charge < -0.3 is 5.32 Å². The highest BCUT2D eigenvalue weighted by Crippen LogP contribution is 2.26. The Morgan fingerprint density at radius 2 is 1.83 bits per heavy atom. The molecule has 0 aliphatic heterocycles. The molecule has 1 aromatic heterocycles. The molecule has 0 fully saturated rings. The van der Waals surface area contributed by atoms with E-state index in [1.165, 1.54) is 21.6 Å². The second-order valence-electron chi connectivity index (χ2n) is 5.13. The predicted molar refractivity (Wildman–Crippen MR) is 81.1 cm³/mol. The summed E-state index contributed by atoms with van der Waals surface area (Å²) >= 11 is 1.82. The number of rotatable bonds is 5. The van der Waals surface area contributed by atoms with Gasteiger partial charge in [-0.15, -0.1) is 11.3 Å². The van der Waals surface area contributed by atoms with E-state index in [9.17, 15) is 0 Å². The van der Waals surface area contributed by atoms with Crippen LogP contribution in [0.4, 0.5) is 0 Å². The number of hydrogen-bond donors (Lipinski definition) is 1. The van der Waals surface area contributed by atoms with E-state index in [1.54, 1.807) is 0 Å². The van der Waals surface area contributed by atoms with Gasteiger partial charge in [-0.1, -0.05) is 38.1 Å². The number of hydrogen-bond acceptors (Lipinski definition) is 2. The fourth-order valence-corrected chi connectivity index (χ4v) is 3.01. The zero-order valence-electron chi connectivity index (χ0n) is 11.4. The first-order valence-electron chi connectivity index (χ1n) is 6.50. The van der Waals surface area contributed by atoms with Crippen LogP contribution in [0.5, 0.6) is 0 Å². The maximum Gasteiger partial charge on any atom is 0.0296 e. The van der Waals surface area contributed by atoms with Gasteiger partial charge in [0, 0.05) is 11.4 Å². The van der Waals surface area contributed by atoms with E-state index >= 15 is 0 Å². The molecule has 0 saturated carbocycles. The maximum absolute atomic E-state index is 3.19. The van der Waals surface area contributed by atoms with Gasteiger partial charge in [-0.05, 0) is 47.5 Å². The maximum atomic E-state index is 3.19. The molecule has 0 aliphatic carbocycles. The van der Waals surface area contributed by atoms with E-state index in [4.69, 9.17) is 0 Å². The Morgan fingerprint density at radius 3 is 2.44 bits per heavy atom. The molecule has 0 unspecified atom stereocenters. The molecular weight excluding hydrogens is 238 g/mol. The van der Waals surface area contributed by atoms with Crippen LogP contribution in [0, 0.1) is 5.92 Å². The van der Waals surface area contributed by atoms with Gasteiger partial charge in [-0.25, -0.2) is 0 Å². The lowest BCUT2D eigenvalue weighted by Gasteiger charge is -2.05. The van der Waals surface area contributed by atoms with Gasteiger partial charge in [0.05, 0.1) is 0 Å². The van der Waals surface area contributed by atoms with Crippen molar-refractivity contribution in [1.29, 1.82) is 0 Å². The molecule has 0 spiro atoms. The lowest BCUT2D eigenvalue weighted by atomic mass is 10.0. The Morgan fingerprint density at radius 1 is 1.11 bits per heavy atom. The van der Waals surface area contributed by atoms with Crippen molar-refractivity contribution in [2.24, 2.45) is 5.92 Å². The monoisotopic (exact) mass is 259 g/mol. The standard InChI is InChI=1S/C16H21NS/c1-12(2)8-13-4-6-14(7-5-13)15-9-16(10-17-3)18-11-15/h4-7,9,11-12,17H,8,10H2,1-3H3. The summed E-state index contributed by atoms with van der Waals surface area (Å²) in [5, 5.41) is 5.43. The third-order valence-corrected chi connectivity index (χ3v) is 3.87. The molecule has 0 bridgehead atoms. The zero-order chi connectivity index (χ0) is 13.0. The first-order chi connectivity index (χ1) is 8.69. The molecular formula is C16H21NS. The van der Waals surface area contributed by atoms with Crippen molar-refractivity contribution < 1.29 is 0 Å². The second kappa shape index (κ2) is 6.17. The Hall–Kier alpha value is -1.12. The fourth-order valence-electron chi connectivity index (χ4n) is 2.10. The molecule has 1 aromatic carbocycles. The SMILES string of the molecule is CNCc1cc(-c2ccc(CC(C)C)cc2)cs1. The van der Waals surface area contributed by atoms with Crippen molar-refractivity contribution in [3.05, 3.63) is 46.2 Å². The van der Waals surface area contributed by atoms with Crippen molar-refractivity contribution in [2.75, 3.05) is 7.05 Å². The quantitative estimate of drug-likeness (QED) is 0.842.